The van der Waals surface area contributed by atoms with Gasteiger partial charge >= 0.3 is 0 Å². The second-order valence-corrected chi connectivity index (χ2v) is 5.84. The van der Waals surface area contributed by atoms with E-state index in [9.17, 15) is 0 Å². The van der Waals surface area contributed by atoms with Gasteiger partial charge in [-0.15, -0.1) is 0 Å². The highest BCUT2D eigenvalue weighted by Crippen LogP contribution is 2.15. The van der Waals surface area contributed by atoms with Gasteiger partial charge in [0.1, 0.15) is 0 Å². The molecule has 2 aliphatic rings. The van der Waals surface area contributed by atoms with Crippen LogP contribution in [0.15, 0.2) is 30.3 Å². The molecule has 0 saturated carbocycles. The molecule has 104 valence electrons. The van der Waals surface area contributed by atoms with E-state index in [4.69, 9.17) is 4.74 Å². The third-order valence-electron chi connectivity index (χ3n) is 4.24. The lowest BCUT2D eigenvalue weighted by molar-refractivity contribution is 0.184. The van der Waals surface area contributed by atoms with Crippen molar-refractivity contribution in [3.8, 4) is 0 Å². The molecule has 0 bridgehead atoms. The Hall–Kier alpha value is -0.900. The van der Waals surface area contributed by atoms with Crippen LogP contribution in [0.2, 0.25) is 0 Å². The van der Waals surface area contributed by atoms with Crippen molar-refractivity contribution in [2.24, 2.45) is 5.92 Å². The molecule has 2 heterocycles. The topological polar surface area (TPSA) is 24.5 Å². The molecule has 3 nitrogen and oxygen atoms in total. The first kappa shape index (κ1) is 13.1. The van der Waals surface area contributed by atoms with Crippen LogP contribution in [-0.4, -0.2) is 43.8 Å². The van der Waals surface area contributed by atoms with Crippen LogP contribution < -0.4 is 5.32 Å². The van der Waals surface area contributed by atoms with Crippen molar-refractivity contribution in [1.29, 1.82) is 0 Å². The number of ether oxygens (including phenoxy) is 1. The average Bonchev–Trinajstić information content (AvgIpc) is 3.09. The van der Waals surface area contributed by atoms with E-state index in [-0.39, 0.29) is 0 Å². The summed E-state index contributed by atoms with van der Waals surface area (Å²) in [7, 11) is 0. The molecule has 2 saturated heterocycles. The summed E-state index contributed by atoms with van der Waals surface area (Å²) < 4.78 is 5.42. The molecule has 3 heteroatoms. The third-order valence-corrected chi connectivity index (χ3v) is 4.24. The smallest absolute Gasteiger partial charge is 0.0507 e. The van der Waals surface area contributed by atoms with E-state index in [1.807, 2.05) is 0 Å². The van der Waals surface area contributed by atoms with E-state index in [0.717, 1.165) is 32.2 Å². The molecular formula is C16H24N2O. The van der Waals surface area contributed by atoms with Crippen LogP contribution in [0.4, 0.5) is 0 Å². The van der Waals surface area contributed by atoms with Gasteiger partial charge in [0, 0.05) is 38.8 Å². The Bertz CT molecular complexity index is 376. The van der Waals surface area contributed by atoms with Gasteiger partial charge in [-0.1, -0.05) is 30.3 Å². The van der Waals surface area contributed by atoms with E-state index in [2.05, 4.69) is 40.5 Å². The summed E-state index contributed by atoms with van der Waals surface area (Å²) >= 11 is 0. The van der Waals surface area contributed by atoms with Crippen LogP contribution >= 0.6 is 0 Å². The van der Waals surface area contributed by atoms with E-state index in [1.54, 1.807) is 0 Å². The van der Waals surface area contributed by atoms with E-state index >= 15 is 0 Å². The lowest BCUT2D eigenvalue weighted by Crippen LogP contribution is -2.35. The second kappa shape index (κ2) is 6.51. The van der Waals surface area contributed by atoms with Crippen molar-refractivity contribution in [2.45, 2.75) is 25.4 Å². The number of rotatable bonds is 5. The molecule has 2 unspecified atom stereocenters. The number of nitrogens with one attached hydrogen (secondary N) is 1. The first-order valence-electron chi connectivity index (χ1n) is 7.47. The zero-order valence-electron chi connectivity index (χ0n) is 11.6. The summed E-state index contributed by atoms with van der Waals surface area (Å²) in [6.45, 7) is 6.52. The summed E-state index contributed by atoms with van der Waals surface area (Å²) in [6, 6.07) is 11.4. The highest BCUT2D eigenvalue weighted by molar-refractivity contribution is 5.14. The molecule has 3 rings (SSSR count). The Balaban J connectivity index is 1.40. The molecule has 19 heavy (non-hydrogen) atoms. The lowest BCUT2D eigenvalue weighted by Gasteiger charge is -2.18. The second-order valence-electron chi connectivity index (χ2n) is 5.84. The van der Waals surface area contributed by atoms with Crippen molar-refractivity contribution >= 4 is 0 Å². The number of hydrogen-bond acceptors (Lipinski definition) is 3. The molecule has 2 aliphatic heterocycles. The lowest BCUT2D eigenvalue weighted by atomic mass is 10.1. The predicted molar refractivity (Wildman–Crippen MR) is 77.1 cm³/mol. The van der Waals surface area contributed by atoms with Crippen LogP contribution in [0, 0.1) is 5.92 Å². The average molecular weight is 260 g/mol. The maximum absolute atomic E-state index is 5.42. The number of benzene rings is 1. The third kappa shape index (κ3) is 3.78. The maximum Gasteiger partial charge on any atom is 0.0507 e. The number of hydrogen-bond donors (Lipinski definition) is 1. The van der Waals surface area contributed by atoms with Gasteiger partial charge in [0.15, 0.2) is 0 Å². The Morgan fingerprint density at radius 3 is 2.89 bits per heavy atom. The minimum atomic E-state index is 0.671. The van der Waals surface area contributed by atoms with Crippen LogP contribution in [-0.2, 0) is 11.3 Å². The Labute approximate surface area is 115 Å². The minimum Gasteiger partial charge on any atom is -0.381 e. The van der Waals surface area contributed by atoms with Gasteiger partial charge in [0.05, 0.1) is 6.61 Å². The highest BCUT2D eigenvalue weighted by Gasteiger charge is 2.23. The molecule has 2 atom stereocenters. The minimum absolute atomic E-state index is 0.671. The van der Waals surface area contributed by atoms with Crippen LogP contribution in [0.3, 0.4) is 0 Å². The zero-order chi connectivity index (χ0) is 12.9. The molecular weight excluding hydrogens is 236 g/mol. The predicted octanol–water partition coefficient (Wildman–Crippen LogP) is 1.89. The van der Waals surface area contributed by atoms with Crippen LogP contribution in [0.25, 0.3) is 0 Å². The Morgan fingerprint density at radius 2 is 2.11 bits per heavy atom. The summed E-state index contributed by atoms with van der Waals surface area (Å²) in [4.78, 5) is 2.55. The molecule has 1 aromatic carbocycles. The van der Waals surface area contributed by atoms with Gasteiger partial charge in [0.2, 0.25) is 0 Å². The summed E-state index contributed by atoms with van der Waals surface area (Å²) in [5, 5.41) is 3.72. The fraction of sp³-hybridized carbons (Fsp3) is 0.625. The monoisotopic (exact) mass is 260 g/mol. The largest absolute Gasteiger partial charge is 0.381 e. The maximum atomic E-state index is 5.42. The first-order chi connectivity index (χ1) is 9.40. The van der Waals surface area contributed by atoms with Crippen LogP contribution in [0.5, 0.6) is 0 Å². The summed E-state index contributed by atoms with van der Waals surface area (Å²) in [5.74, 6) is 0.739. The van der Waals surface area contributed by atoms with Crippen molar-refractivity contribution in [3.05, 3.63) is 35.9 Å². The van der Waals surface area contributed by atoms with Crippen LogP contribution in [0.1, 0.15) is 18.4 Å². The molecule has 1 N–H and O–H groups in total. The number of likely N-dealkylation sites (tertiary alicyclic amines) is 1. The number of nitrogens with zero attached hydrogens (tertiary/aromatic N) is 1. The first-order valence-corrected chi connectivity index (χ1v) is 7.47. The highest BCUT2D eigenvalue weighted by atomic mass is 16.5. The van der Waals surface area contributed by atoms with E-state index in [1.165, 1.54) is 31.5 Å². The van der Waals surface area contributed by atoms with Crippen molar-refractivity contribution in [1.82, 2.24) is 10.2 Å². The van der Waals surface area contributed by atoms with Crippen molar-refractivity contribution < 1.29 is 4.74 Å². The molecule has 0 spiro atoms. The quantitative estimate of drug-likeness (QED) is 0.875. The molecule has 1 aromatic rings. The van der Waals surface area contributed by atoms with Crippen molar-refractivity contribution in [2.75, 3.05) is 32.8 Å². The molecule has 0 radical (unpaired) electrons. The van der Waals surface area contributed by atoms with Gasteiger partial charge in [-0.3, -0.25) is 4.90 Å². The fourth-order valence-electron chi connectivity index (χ4n) is 3.06. The van der Waals surface area contributed by atoms with Gasteiger partial charge in [-0.05, 0) is 24.3 Å². The van der Waals surface area contributed by atoms with E-state index in [0.29, 0.717) is 6.04 Å². The van der Waals surface area contributed by atoms with Crippen molar-refractivity contribution in [3.63, 3.8) is 0 Å². The SMILES string of the molecule is c1ccc(CN2CCC(NCC3CCOC3)C2)cc1. The molecule has 0 amide bonds. The van der Waals surface area contributed by atoms with Gasteiger partial charge in [-0.2, -0.15) is 0 Å². The normalized spacial score (nSPS) is 28.0. The summed E-state index contributed by atoms with van der Waals surface area (Å²) in [5.41, 5.74) is 1.42. The van der Waals surface area contributed by atoms with Gasteiger partial charge in [0.25, 0.3) is 0 Å². The standard InChI is InChI=1S/C16H24N2O/c1-2-4-14(5-3-1)11-18-8-6-16(12-18)17-10-15-7-9-19-13-15/h1-5,15-17H,6-13H2. The molecule has 2 fully saturated rings. The fourth-order valence-corrected chi connectivity index (χ4v) is 3.06. The summed E-state index contributed by atoms with van der Waals surface area (Å²) in [6.07, 6.45) is 2.51. The van der Waals surface area contributed by atoms with Gasteiger partial charge < -0.3 is 10.1 Å². The molecule has 0 aliphatic carbocycles. The van der Waals surface area contributed by atoms with E-state index < -0.39 is 0 Å². The Kier molecular flexibility index (Phi) is 4.49. The zero-order valence-corrected chi connectivity index (χ0v) is 11.6. The molecule has 0 aromatic heterocycles. The Morgan fingerprint density at radius 1 is 1.21 bits per heavy atom. The van der Waals surface area contributed by atoms with Gasteiger partial charge in [-0.25, -0.2) is 0 Å².